The van der Waals surface area contributed by atoms with Gasteiger partial charge in [0.25, 0.3) is 5.91 Å². The molecule has 1 rings (SSSR count). The molecule has 1 aromatic carbocycles. The van der Waals surface area contributed by atoms with E-state index >= 15 is 0 Å². The second kappa shape index (κ2) is 6.74. The van der Waals surface area contributed by atoms with E-state index < -0.39 is 5.54 Å². The number of nitrogens with zero attached hydrogens (tertiary/aromatic N) is 1. The molecule has 110 valence electrons. The number of carbonyl (C=O) groups excluding carboxylic acids is 1. The lowest BCUT2D eigenvalue weighted by molar-refractivity contribution is 0.0917. The maximum absolute atomic E-state index is 12.3. The Bertz CT molecular complexity index is 525. The zero-order valence-corrected chi connectivity index (χ0v) is 13.5. The van der Waals surface area contributed by atoms with E-state index in [1.807, 2.05) is 26.8 Å². The zero-order valence-electron chi connectivity index (χ0n) is 11.9. The van der Waals surface area contributed by atoms with Crippen molar-refractivity contribution in [2.24, 2.45) is 10.9 Å². The van der Waals surface area contributed by atoms with Crippen LogP contribution in [0.4, 0.5) is 0 Å². The highest BCUT2D eigenvalue weighted by Gasteiger charge is 2.33. The minimum atomic E-state index is -0.827. The number of carbonyl (C=O) groups is 1. The van der Waals surface area contributed by atoms with Gasteiger partial charge in [-0.15, -0.1) is 0 Å². The lowest BCUT2D eigenvalue weighted by Gasteiger charge is -2.31. The van der Waals surface area contributed by atoms with Crippen molar-refractivity contribution >= 4 is 27.7 Å². The van der Waals surface area contributed by atoms with Crippen LogP contribution in [0.25, 0.3) is 0 Å². The number of hydrogen-bond acceptors (Lipinski definition) is 3. The number of oxime groups is 1. The van der Waals surface area contributed by atoms with Crippen LogP contribution in [-0.2, 0) is 0 Å². The van der Waals surface area contributed by atoms with Crippen LogP contribution in [0, 0.1) is 6.92 Å². The van der Waals surface area contributed by atoms with Crippen LogP contribution in [0.3, 0.4) is 0 Å². The van der Waals surface area contributed by atoms with Crippen LogP contribution in [0.5, 0.6) is 0 Å². The van der Waals surface area contributed by atoms with Crippen molar-refractivity contribution < 1.29 is 10.0 Å². The molecule has 0 saturated heterocycles. The molecule has 0 radical (unpaired) electrons. The number of halogens is 1. The first kappa shape index (κ1) is 16.5. The van der Waals surface area contributed by atoms with E-state index in [0.29, 0.717) is 18.4 Å². The molecule has 0 atom stereocenters. The lowest BCUT2D eigenvalue weighted by Crippen LogP contribution is -2.56. The normalized spacial score (nSPS) is 12.3. The van der Waals surface area contributed by atoms with Gasteiger partial charge in [0.05, 0.1) is 0 Å². The highest BCUT2D eigenvalue weighted by Crippen LogP contribution is 2.20. The molecule has 0 aliphatic rings. The van der Waals surface area contributed by atoms with Crippen molar-refractivity contribution in [2.45, 2.75) is 39.2 Å². The molecule has 0 unspecified atom stereocenters. The minimum Gasteiger partial charge on any atom is -0.409 e. The number of nitrogens with one attached hydrogen (secondary N) is 1. The first-order chi connectivity index (χ1) is 9.40. The van der Waals surface area contributed by atoms with Gasteiger partial charge >= 0.3 is 0 Å². The molecule has 0 spiro atoms. The molecule has 0 bridgehead atoms. The summed E-state index contributed by atoms with van der Waals surface area (Å²) < 4.78 is 0.947. The van der Waals surface area contributed by atoms with Crippen molar-refractivity contribution in [1.29, 1.82) is 0 Å². The molecule has 0 fully saturated rings. The van der Waals surface area contributed by atoms with Gasteiger partial charge < -0.3 is 16.3 Å². The largest absolute Gasteiger partial charge is 0.409 e. The highest BCUT2D eigenvalue weighted by molar-refractivity contribution is 9.10. The third-order valence-electron chi connectivity index (χ3n) is 3.58. The van der Waals surface area contributed by atoms with Crippen molar-refractivity contribution in [3.8, 4) is 0 Å². The van der Waals surface area contributed by atoms with Gasteiger partial charge in [0, 0.05) is 10.0 Å². The first-order valence-electron chi connectivity index (χ1n) is 6.46. The summed E-state index contributed by atoms with van der Waals surface area (Å²) in [7, 11) is 0. The average molecular weight is 342 g/mol. The smallest absolute Gasteiger partial charge is 0.252 e. The van der Waals surface area contributed by atoms with Gasteiger partial charge in [0.1, 0.15) is 5.54 Å². The van der Waals surface area contributed by atoms with Gasteiger partial charge in [0.2, 0.25) is 0 Å². The Kier molecular flexibility index (Phi) is 5.56. The average Bonchev–Trinajstić information content (AvgIpc) is 2.46. The van der Waals surface area contributed by atoms with E-state index in [1.165, 1.54) is 0 Å². The summed E-state index contributed by atoms with van der Waals surface area (Å²) in [6, 6.07) is 5.35. The number of benzene rings is 1. The zero-order chi connectivity index (χ0) is 15.3. The fraction of sp³-hybridized carbons (Fsp3) is 0.429. The Morgan fingerprint density at radius 1 is 1.45 bits per heavy atom. The number of aryl methyl sites for hydroxylation is 1. The van der Waals surface area contributed by atoms with Gasteiger partial charge in [-0.05, 0) is 43.5 Å². The van der Waals surface area contributed by atoms with Crippen molar-refractivity contribution in [3.63, 3.8) is 0 Å². The molecule has 4 N–H and O–H groups in total. The lowest BCUT2D eigenvalue weighted by atomic mass is 9.91. The van der Waals surface area contributed by atoms with Crippen LogP contribution in [0.15, 0.2) is 27.8 Å². The Morgan fingerprint density at radius 2 is 2.05 bits per heavy atom. The molecule has 0 aliphatic heterocycles. The van der Waals surface area contributed by atoms with Crippen molar-refractivity contribution in [2.75, 3.05) is 0 Å². The minimum absolute atomic E-state index is 0.0182. The van der Waals surface area contributed by atoms with Gasteiger partial charge in [-0.3, -0.25) is 4.79 Å². The molecule has 6 heteroatoms. The molecule has 20 heavy (non-hydrogen) atoms. The SMILES string of the molecule is CCC(CC)(NC(=O)c1ccc(Br)c(C)c1)/C(N)=N/O. The quantitative estimate of drug-likeness (QED) is 0.333. The summed E-state index contributed by atoms with van der Waals surface area (Å²) in [6.45, 7) is 5.68. The summed E-state index contributed by atoms with van der Waals surface area (Å²) in [6.07, 6.45) is 1.08. The van der Waals surface area contributed by atoms with Gasteiger partial charge in [-0.25, -0.2) is 0 Å². The molecule has 0 aromatic heterocycles. The monoisotopic (exact) mass is 341 g/mol. The summed E-state index contributed by atoms with van der Waals surface area (Å²) in [5.74, 6) is -0.222. The molecular formula is C14H20BrN3O2. The van der Waals surface area contributed by atoms with Crippen LogP contribution in [-0.4, -0.2) is 22.5 Å². The predicted octanol–water partition coefficient (Wildman–Crippen LogP) is 2.79. The van der Waals surface area contributed by atoms with Crippen molar-refractivity contribution in [3.05, 3.63) is 33.8 Å². The molecule has 5 nitrogen and oxygen atoms in total. The second-order valence-corrected chi connectivity index (χ2v) is 5.55. The molecule has 0 aliphatic carbocycles. The van der Waals surface area contributed by atoms with E-state index in [2.05, 4.69) is 26.4 Å². The number of amidine groups is 1. The van der Waals surface area contributed by atoms with E-state index in [0.717, 1.165) is 10.0 Å². The number of hydrogen-bond donors (Lipinski definition) is 3. The number of nitrogens with two attached hydrogens (primary N) is 1. The first-order valence-corrected chi connectivity index (χ1v) is 7.26. The molecule has 0 heterocycles. The van der Waals surface area contributed by atoms with E-state index in [1.54, 1.807) is 12.1 Å². The summed E-state index contributed by atoms with van der Waals surface area (Å²) >= 11 is 3.40. The van der Waals surface area contributed by atoms with Crippen LogP contribution in [0.1, 0.15) is 42.6 Å². The molecule has 0 saturated carbocycles. The van der Waals surface area contributed by atoms with Gasteiger partial charge in [-0.2, -0.15) is 0 Å². The summed E-state index contributed by atoms with van der Waals surface area (Å²) in [5, 5.41) is 14.8. The molecule has 1 amide bonds. The third-order valence-corrected chi connectivity index (χ3v) is 4.47. The topological polar surface area (TPSA) is 87.7 Å². The summed E-state index contributed by atoms with van der Waals surface area (Å²) in [4.78, 5) is 12.3. The molecule has 1 aromatic rings. The van der Waals surface area contributed by atoms with Gasteiger partial charge in [-0.1, -0.05) is 34.9 Å². The molecular weight excluding hydrogens is 322 g/mol. The number of rotatable bonds is 5. The third kappa shape index (κ3) is 3.30. The van der Waals surface area contributed by atoms with Crippen LogP contribution < -0.4 is 11.1 Å². The maximum atomic E-state index is 12.3. The summed E-state index contributed by atoms with van der Waals surface area (Å²) in [5.41, 5.74) is 6.42. The Balaban J connectivity index is 3.05. The maximum Gasteiger partial charge on any atom is 0.252 e. The standard InChI is InChI=1S/C14H20BrN3O2/c1-4-14(5-2,13(16)18-20)17-12(19)10-6-7-11(15)9(3)8-10/h6-8,20H,4-5H2,1-3H3,(H2,16,18)(H,17,19). The Labute approximate surface area is 127 Å². The fourth-order valence-corrected chi connectivity index (χ4v) is 2.27. The van der Waals surface area contributed by atoms with Crippen LogP contribution >= 0.6 is 15.9 Å². The number of amides is 1. The Morgan fingerprint density at radius 3 is 2.50 bits per heavy atom. The second-order valence-electron chi connectivity index (χ2n) is 4.69. The van der Waals surface area contributed by atoms with Crippen molar-refractivity contribution in [1.82, 2.24) is 5.32 Å². The van der Waals surface area contributed by atoms with E-state index in [-0.39, 0.29) is 11.7 Å². The van der Waals surface area contributed by atoms with Crippen LogP contribution in [0.2, 0.25) is 0 Å². The predicted molar refractivity (Wildman–Crippen MR) is 83.1 cm³/mol. The highest BCUT2D eigenvalue weighted by atomic mass is 79.9. The fourth-order valence-electron chi connectivity index (χ4n) is 2.02. The van der Waals surface area contributed by atoms with E-state index in [9.17, 15) is 4.79 Å². The van der Waals surface area contributed by atoms with E-state index in [4.69, 9.17) is 10.9 Å². The van der Waals surface area contributed by atoms with Gasteiger partial charge in [0.15, 0.2) is 5.84 Å². The Hall–Kier alpha value is -1.56.